The highest BCUT2D eigenvalue weighted by molar-refractivity contribution is 7.93. The number of hydrogen-bond donors (Lipinski definition) is 1. The fourth-order valence-corrected chi connectivity index (χ4v) is 5.29. The van der Waals surface area contributed by atoms with Crippen LogP contribution in [0.4, 0.5) is 0 Å². The molecule has 1 aliphatic heterocycles. The van der Waals surface area contributed by atoms with Crippen molar-refractivity contribution in [3.8, 4) is 0 Å². The maximum absolute atomic E-state index is 13.6. The second-order valence-electron chi connectivity index (χ2n) is 9.01. The van der Waals surface area contributed by atoms with Crippen molar-refractivity contribution in [1.82, 2.24) is 10.2 Å². The summed E-state index contributed by atoms with van der Waals surface area (Å²) in [6, 6.07) is 8.87. The molecule has 1 aromatic rings. The van der Waals surface area contributed by atoms with E-state index >= 15 is 0 Å². The van der Waals surface area contributed by atoms with Gasteiger partial charge in [0.15, 0.2) is 9.84 Å². The van der Waals surface area contributed by atoms with Crippen molar-refractivity contribution >= 4 is 27.6 Å². The van der Waals surface area contributed by atoms with Crippen molar-refractivity contribution in [3.63, 3.8) is 0 Å². The third kappa shape index (κ3) is 8.51. The molecule has 0 aromatic heterocycles. The first-order valence-electron chi connectivity index (χ1n) is 12.0. The summed E-state index contributed by atoms with van der Waals surface area (Å²) in [6.07, 6.45) is 1.34. The van der Waals surface area contributed by atoms with Crippen LogP contribution in [0.2, 0.25) is 0 Å². The SMILES string of the molecule is C=CCOC(=O)C(NC(=O)[C@H](Cc1ccccc1)CS(=O)(=O)C(C)(C)C(=O)N1CCOCC1)OCC=C. The molecule has 10 nitrogen and oxygen atoms in total. The lowest BCUT2D eigenvalue weighted by Crippen LogP contribution is -2.55. The molecule has 1 N–H and O–H groups in total. The Morgan fingerprint density at radius 1 is 1.11 bits per heavy atom. The Morgan fingerprint density at radius 3 is 2.32 bits per heavy atom. The molecule has 1 unspecified atom stereocenters. The minimum atomic E-state index is -4.14. The third-order valence-electron chi connectivity index (χ3n) is 5.92. The fourth-order valence-electron chi connectivity index (χ4n) is 3.68. The van der Waals surface area contributed by atoms with E-state index < -0.39 is 50.3 Å². The lowest BCUT2D eigenvalue weighted by atomic mass is 10.00. The molecule has 2 amide bonds. The van der Waals surface area contributed by atoms with Gasteiger partial charge in [-0.3, -0.25) is 9.59 Å². The van der Waals surface area contributed by atoms with Crippen LogP contribution in [0.3, 0.4) is 0 Å². The monoisotopic (exact) mass is 536 g/mol. The molecule has 1 heterocycles. The molecule has 0 saturated carbocycles. The highest BCUT2D eigenvalue weighted by Gasteiger charge is 2.46. The summed E-state index contributed by atoms with van der Waals surface area (Å²) in [7, 11) is -4.14. The van der Waals surface area contributed by atoms with E-state index in [9.17, 15) is 22.8 Å². The van der Waals surface area contributed by atoms with Crippen LogP contribution in [0.1, 0.15) is 19.4 Å². The normalized spacial score (nSPS) is 15.8. The average molecular weight is 537 g/mol. The Hall–Kier alpha value is -3.02. The van der Waals surface area contributed by atoms with Crippen LogP contribution in [0, 0.1) is 5.92 Å². The average Bonchev–Trinajstić information content (AvgIpc) is 2.89. The molecule has 0 bridgehead atoms. The molecule has 37 heavy (non-hydrogen) atoms. The number of sulfone groups is 1. The fraction of sp³-hybridized carbons (Fsp3) is 0.500. The van der Waals surface area contributed by atoms with Crippen LogP contribution in [0.25, 0.3) is 0 Å². The lowest BCUT2D eigenvalue weighted by Gasteiger charge is -2.34. The minimum absolute atomic E-state index is 0.0587. The lowest BCUT2D eigenvalue weighted by molar-refractivity contribution is -0.160. The first-order valence-corrected chi connectivity index (χ1v) is 13.6. The maximum atomic E-state index is 13.6. The second-order valence-corrected chi connectivity index (χ2v) is 11.6. The number of ether oxygens (including phenoxy) is 3. The quantitative estimate of drug-likeness (QED) is 0.214. The second kappa shape index (κ2) is 14.1. The number of rotatable bonds is 14. The number of carbonyl (C=O) groups excluding carboxylic acids is 3. The summed E-state index contributed by atoms with van der Waals surface area (Å²) in [6.45, 7) is 10.8. The van der Waals surface area contributed by atoms with E-state index in [2.05, 4.69) is 18.5 Å². The number of esters is 1. The Balaban J connectivity index is 2.30. The summed E-state index contributed by atoms with van der Waals surface area (Å²) >= 11 is 0. The molecule has 0 spiro atoms. The zero-order valence-corrected chi connectivity index (χ0v) is 22.2. The van der Waals surface area contributed by atoms with Crippen molar-refractivity contribution in [1.29, 1.82) is 0 Å². The van der Waals surface area contributed by atoms with Gasteiger partial charge < -0.3 is 24.4 Å². The highest BCUT2D eigenvalue weighted by Crippen LogP contribution is 2.25. The van der Waals surface area contributed by atoms with Gasteiger partial charge in [-0.15, -0.1) is 6.58 Å². The van der Waals surface area contributed by atoms with Crippen LogP contribution < -0.4 is 5.32 Å². The van der Waals surface area contributed by atoms with Crippen molar-refractivity contribution in [2.45, 2.75) is 31.2 Å². The summed E-state index contributed by atoms with van der Waals surface area (Å²) in [5, 5.41) is 2.45. The van der Waals surface area contributed by atoms with Gasteiger partial charge in [0.1, 0.15) is 11.4 Å². The molecule has 2 atom stereocenters. The predicted octanol–water partition coefficient (Wildman–Crippen LogP) is 1.27. The van der Waals surface area contributed by atoms with Gasteiger partial charge in [0.25, 0.3) is 0 Å². The number of carbonyl (C=O) groups is 3. The minimum Gasteiger partial charge on any atom is -0.458 e. The Morgan fingerprint density at radius 2 is 1.73 bits per heavy atom. The number of amides is 2. The number of morpholine rings is 1. The molecule has 204 valence electrons. The molecule has 1 saturated heterocycles. The van der Waals surface area contributed by atoms with E-state index in [4.69, 9.17) is 14.2 Å². The molecule has 1 fully saturated rings. The molecule has 1 aromatic carbocycles. The van der Waals surface area contributed by atoms with Gasteiger partial charge in [0.05, 0.1) is 31.5 Å². The van der Waals surface area contributed by atoms with Crippen LogP contribution in [-0.2, 0) is 44.9 Å². The van der Waals surface area contributed by atoms with Gasteiger partial charge in [-0.2, -0.15) is 0 Å². The first kappa shape index (κ1) is 30.2. The van der Waals surface area contributed by atoms with Gasteiger partial charge in [-0.1, -0.05) is 49.1 Å². The van der Waals surface area contributed by atoms with Crippen LogP contribution in [0.15, 0.2) is 55.6 Å². The molecule has 1 aliphatic rings. The first-order chi connectivity index (χ1) is 17.5. The van der Waals surface area contributed by atoms with Gasteiger partial charge in [-0.05, 0) is 25.8 Å². The summed E-state index contributed by atoms with van der Waals surface area (Å²) in [5.74, 6) is -3.88. The Labute approximate surface area is 218 Å². The van der Waals surface area contributed by atoms with E-state index in [1.165, 1.54) is 30.9 Å². The van der Waals surface area contributed by atoms with E-state index in [1.54, 1.807) is 30.3 Å². The van der Waals surface area contributed by atoms with Crippen LogP contribution in [0.5, 0.6) is 0 Å². The van der Waals surface area contributed by atoms with E-state index in [0.29, 0.717) is 31.9 Å². The Bertz CT molecular complexity index is 1050. The third-order valence-corrected chi connectivity index (χ3v) is 8.49. The van der Waals surface area contributed by atoms with Gasteiger partial charge in [0.2, 0.25) is 18.0 Å². The van der Waals surface area contributed by atoms with Gasteiger partial charge in [-0.25, -0.2) is 13.2 Å². The van der Waals surface area contributed by atoms with Crippen molar-refractivity contribution < 1.29 is 37.0 Å². The number of nitrogens with one attached hydrogen (secondary N) is 1. The van der Waals surface area contributed by atoms with Crippen LogP contribution in [-0.4, -0.2) is 87.3 Å². The van der Waals surface area contributed by atoms with E-state index in [-0.39, 0.29) is 19.6 Å². The smallest absolute Gasteiger partial charge is 0.356 e. The summed E-state index contributed by atoms with van der Waals surface area (Å²) < 4.78 is 41.0. The standard InChI is InChI=1S/C26H36N2O8S/c1-5-14-35-23(24(30)36-15-6-2)27-22(29)21(18-20-10-8-7-9-11-20)19-37(32,33)26(3,4)25(31)28-12-16-34-17-13-28/h5-11,21,23H,1-2,12-19H2,3-4H3,(H,27,29)/t21-,23?/m1/s1. The maximum Gasteiger partial charge on any atom is 0.356 e. The van der Waals surface area contributed by atoms with E-state index in [0.717, 1.165) is 0 Å². The summed E-state index contributed by atoms with van der Waals surface area (Å²) in [4.78, 5) is 40.4. The van der Waals surface area contributed by atoms with Crippen LogP contribution >= 0.6 is 0 Å². The molecule has 0 radical (unpaired) electrons. The zero-order chi connectivity index (χ0) is 27.5. The predicted molar refractivity (Wildman–Crippen MR) is 138 cm³/mol. The van der Waals surface area contributed by atoms with Crippen molar-refractivity contribution in [2.24, 2.45) is 5.92 Å². The number of benzene rings is 1. The largest absolute Gasteiger partial charge is 0.458 e. The zero-order valence-electron chi connectivity index (χ0n) is 21.4. The molecule has 2 rings (SSSR count). The van der Waals surface area contributed by atoms with Crippen molar-refractivity contribution in [3.05, 3.63) is 61.2 Å². The number of nitrogens with zero attached hydrogens (tertiary/aromatic N) is 1. The molecular formula is C26H36N2O8S. The summed E-state index contributed by atoms with van der Waals surface area (Å²) in [5.41, 5.74) is 0.716. The number of hydrogen-bond acceptors (Lipinski definition) is 8. The van der Waals surface area contributed by atoms with Gasteiger partial charge >= 0.3 is 5.97 Å². The highest BCUT2D eigenvalue weighted by atomic mass is 32.2. The van der Waals surface area contributed by atoms with Crippen molar-refractivity contribution in [2.75, 3.05) is 45.3 Å². The van der Waals surface area contributed by atoms with Gasteiger partial charge in [0, 0.05) is 13.1 Å². The van der Waals surface area contributed by atoms with E-state index in [1.807, 2.05) is 0 Å². The topological polar surface area (TPSA) is 128 Å². The molecule has 0 aliphatic carbocycles. The molecular weight excluding hydrogens is 500 g/mol. The molecule has 11 heteroatoms. The Kier molecular flexibility index (Phi) is 11.5.